The van der Waals surface area contributed by atoms with Gasteiger partial charge in [-0.2, -0.15) is 5.26 Å². The summed E-state index contributed by atoms with van der Waals surface area (Å²) in [6.07, 6.45) is 10.1. The molecule has 0 spiro atoms. The highest BCUT2D eigenvalue weighted by Crippen LogP contribution is 2.10. The SMILES string of the molecule is CCCCCCCCCC(C#N)NCc1ccccc1. The molecule has 0 saturated carbocycles. The van der Waals surface area contributed by atoms with E-state index in [1.54, 1.807) is 0 Å². The molecule has 0 aliphatic rings. The summed E-state index contributed by atoms with van der Waals surface area (Å²) in [6.45, 7) is 3.03. The van der Waals surface area contributed by atoms with Gasteiger partial charge in [0, 0.05) is 6.54 Å². The molecule has 20 heavy (non-hydrogen) atoms. The third-order valence-corrected chi connectivity index (χ3v) is 3.65. The minimum atomic E-state index is -0.00847. The minimum Gasteiger partial charge on any atom is -0.298 e. The molecular weight excluding hydrogens is 244 g/mol. The molecule has 110 valence electrons. The molecule has 1 N–H and O–H groups in total. The maximum Gasteiger partial charge on any atom is 0.0955 e. The fourth-order valence-corrected chi connectivity index (χ4v) is 2.35. The van der Waals surface area contributed by atoms with Gasteiger partial charge in [-0.1, -0.05) is 82.2 Å². The number of rotatable bonds is 11. The fourth-order valence-electron chi connectivity index (χ4n) is 2.35. The summed E-state index contributed by atoms with van der Waals surface area (Å²) in [6, 6.07) is 12.6. The Hall–Kier alpha value is -1.33. The number of unbranched alkanes of at least 4 members (excludes halogenated alkanes) is 6. The molecule has 0 radical (unpaired) electrons. The van der Waals surface area contributed by atoms with Crippen molar-refractivity contribution >= 4 is 0 Å². The second kappa shape index (κ2) is 11.5. The summed E-state index contributed by atoms with van der Waals surface area (Å²) >= 11 is 0. The lowest BCUT2D eigenvalue weighted by molar-refractivity contribution is 0.512. The molecule has 0 heterocycles. The van der Waals surface area contributed by atoms with E-state index < -0.39 is 0 Å². The van der Waals surface area contributed by atoms with E-state index in [1.165, 1.54) is 44.1 Å². The van der Waals surface area contributed by atoms with E-state index in [9.17, 15) is 0 Å². The van der Waals surface area contributed by atoms with Gasteiger partial charge in [-0.25, -0.2) is 0 Å². The molecule has 1 atom stereocenters. The van der Waals surface area contributed by atoms with Gasteiger partial charge < -0.3 is 0 Å². The lowest BCUT2D eigenvalue weighted by Crippen LogP contribution is -2.26. The van der Waals surface area contributed by atoms with Crippen LogP contribution < -0.4 is 5.32 Å². The van der Waals surface area contributed by atoms with Crippen LogP contribution in [0.4, 0.5) is 0 Å². The number of nitrogens with zero attached hydrogens (tertiary/aromatic N) is 1. The van der Waals surface area contributed by atoms with Crippen molar-refractivity contribution in [2.75, 3.05) is 0 Å². The van der Waals surface area contributed by atoms with Crippen LogP contribution in [0.1, 0.15) is 63.9 Å². The molecule has 0 saturated heterocycles. The molecule has 0 amide bonds. The van der Waals surface area contributed by atoms with E-state index in [4.69, 9.17) is 5.26 Å². The number of hydrogen-bond donors (Lipinski definition) is 1. The molecule has 0 aliphatic carbocycles. The summed E-state index contributed by atoms with van der Waals surface area (Å²) in [5.74, 6) is 0. The quantitative estimate of drug-likeness (QED) is 0.587. The number of benzene rings is 1. The Morgan fingerprint density at radius 3 is 2.30 bits per heavy atom. The highest BCUT2D eigenvalue weighted by Gasteiger charge is 2.05. The van der Waals surface area contributed by atoms with Gasteiger partial charge in [-0.15, -0.1) is 0 Å². The van der Waals surface area contributed by atoms with Crippen LogP contribution in [0.5, 0.6) is 0 Å². The van der Waals surface area contributed by atoms with Crippen molar-refractivity contribution < 1.29 is 0 Å². The van der Waals surface area contributed by atoms with Crippen molar-refractivity contribution in [3.8, 4) is 6.07 Å². The Balaban J connectivity index is 2.07. The second-order valence-corrected chi connectivity index (χ2v) is 5.46. The van der Waals surface area contributed by atoms with Crippen LogP contribution in [0.15, 0.2) is 30.3 Å². The summed E-state index contributed by atoms with van der Waals surface area (Å²) in [7, 11) is 0. The molecule has 1 aromatic rings. The molecule has 0 bridgehead atoms. The van der Waals surface area contributed by atoms with Gasteiger partial charge >= 0.3 is 0 Å². The van der Waals surface area contributed by atoms with Gasteiger partial charge in [0.05, 0.1) is 12.1 Å². The molecule has 2 nitrogen and oxygen atoms in total. The fraction of sp³-hybridized carbons (Fsp3) is 0.611. The average molecular weight is 272 g/mol. The van der Waals surface area contributed by atoms with Crippen molar-refractivity contribution in [1.82, 2.24) is 5.32 Å². The van der Waals surface area contributed by atoms with Crippen LogP contribution >= 0.6 is 0 Å². The molecule has 2 heteroatoms. The lowest BCUT2D eigenvalue weighted by Gasteiger charge is -2.11. The molecule has 1 rings (SSSR count). The summed E-state index contributed by atoms with van der Waals surface area (Å²) in [5.41, 5.74) is 1.24. The summed E-state index contributed by atoms with van der Waals surface area (Å²) in [4.78, 5) is 0. The Morgan fingerprint density at radius 2 is 1.65 bits per heavy atom. The van der Waals surface area contributed by atoms with Crippen LogP contribution in [0.3, 0.4) is 0 Å². The average Bonchev–Trinajstić information content (AvgIpc) is 2.50. The van der Waals surface area contributed by atoms with Crippen LogP contribution in [-0.4, -0.2) is 6.04 Å². The summed E-state index contributed by atoms with van der Waals surface area (Å²) in [5, 5.41) is 12.5. The van der Waals surface area contributed by atoms with Gasteiger partial charge in [0.15, 0.2) is 0 Å². The molecule has 0 fully saturated rings. The van der Waals surface area contributed by atoms with E-state index in [2.05, 4.69) is 30.4 Å². The maximum atomic E-state index is 9.16. The van der Waals surface area contributed by atoms with Crippen LogP contribution in [-0.2, 0) is 6.54 Å². The predicted molar refractivity (Wildman–Crippen MR) is 85.3 cm³/mol. The normalized spacial score (nSPS) is 12.0. The Labute approximate surface area is 124 Å². The third-order valence-electron chi connectivity index (χ3n) is 3.65. The van der Waals surface area contributed by atoms with Crippen molar-refractivity contribution in [3.05, 3.63) is 35.9 Å². The maximum absolute atomic E-state index is 9.16. The van der Waals surface area contributed by atoms with Gasteiger partial charge in [0.1, 0.15) is 0 Å². The van der Waals surface area contributed by atoms with E-state index in [1.807, 2.05) is 18.2 Å². The zero-order valence-electron chi connectivity index (χ0n) is 12.8. The van der Waals surface area contributed by atoms with E-state index in [-0.39, 0.29) is 6.04 Å². The first-order valence-corrected chi connectivity index (χ1v) is 8.03. The summed E-state index contributed by atoms with van der Waals surface area (Å²) < 4.78 is 0. The molecule has 0 aliphatic heterocycles. The largest absolute Gasteiger partial charge is 0.298 e. The first kappa shape index (κ1) is 16.7. The molecule has 1 aromatic carbocycles. The standard InChI is InChI=1S/C18H28N2/c1-2-3-4-5-6-7-11-14-18(15-19)20-16-17-12-9-8-10-13-17/h8-10,12-13,18,20H,2-7,11,14,16H2,1H3. The minimum absolute atomic E-state index is 0.00847. The van der Waals surface area contributed by atoms with Crippen molar-refractivity contribution in [2.24, 2.45) is 0 Å². The zero-order valence-corrected chi connectivity index (χ0v) is 12.8. The second-order valence-electron chi connectivity index (χ2n) is 5.46. The van der Waals surface area contributed by atoms with E-state index in [0.717, 1.165) is 19.4 Å². The van der Waals surface area contributed by atoms with Gasteiger partial charge in [-0.05, 0) is 12.0 Å². The van der Waals surface area contributed by atoms with Crippen LogP contribution in [0.25, 0.3) is 0 Å². The monoisotopic (exact) mass is 272 g/mol. The smallest absolute Gasteiger partial charge is 0.0955 e. The predicted octanol–water partition coefficient (Wildman–Crippen LogP) is 4.81. The zero-order chi connectivity index (χ0) is 14.5. The van der Waals surface area contributed by atoms with E-state index in [0.29, 0.717) is 0 Å². The first-order valence-electron chi connectivity index (χ1n) is 8.03. The van der Waals surface area contributed by atoms with Crippen LogP contribution in [0, 0.1) is 11.3 Å². The van der Waals surface area contributed by atoms with Gasteiger partial charge in [0.25, 0.3) is 0 Å². The van der Waals surface area contributed by atoms with Gasteiger partial charge in [0.2, 0.25) is 0 Å². The topological polar surface area (TPSA) is 35.8 Å². The van der Waals surface area contributed by atoms with Crippen molar-refractivity contribution in [1.29, 1.82) is 5.26 Å². The van der Waals surface area contributed by atoms with Crippen molar-refractivity contribution in [2.45, 2.75) is 70.9 Å². The van der Waals surface area contributed by atoms with Gasteiger partial charge in [-0.3, -0.25) is 5.32 Å². The highest BCUT2D eigenvalue weighted by atomic mass is 14.9. The number of nitrogens with one attached hydrogen (secondary N) is 1. The molecule has 0 aromatic heterocycles. The molecule has 1 unspecified atom stereocenters. The first-order chi connectivity index (χ1) is 9.86. The van der Waals surface area contributed by atoms with Crippen molar-refractivity contribution in [3.63, 3.8) is 0 Å². The third kappa shape index (κ3) is 7.96. The van der Waals surface area contributed by atoms with Crippen LogP contribution in [0.2, 0.25) is 0 Å². The van der Waals surface area contributed by atoms with E-state index >= 15 is 0 Å². The highest BCUT2D eigenvalue weighted by molar-refractivity contribution is 5.14. The Morgan fingerprint density at radius 1 is 1.00 bits per heavy atom. The Kier molecular flexibility index (Phi) is 9.61. The lowest BCUT2D eigenvalue weighted by atomic mass is 10.1. The Bertz CT molecular complexity index is 367. The number of hydrogen-bond acceptors (Lipinski definition) is 2. The molecular formula is C18H28N2. The number of nitriles is 1.